The van der Waals surface area contributed by atoms with E-state index in [4.69, 9.17) is 4.74 Å². The average Bonchev–Trinajstić information content (AvgIpc) is 2.64. The lowest BCUT2D eigenvalue weighted by Crippen LogP contribution is -2.25. The first-order valence-electron chi connectivity index (χ1n) is 8.20. The number of ether oxygens (including phenoxy) is 1. The zero-order valence-corrected chi connectivity index (χ0v) is 17.1. The highest BCUT2D eigenvalue weighted by Gasteiger charge is 2.11. The highest BCUT2D eigenvalue weighted by molar-refractivity contribution is 14.1. The standard InChI is InChI=1S/C19H20IN3O4/c1-3-13-6-4-5-7-15(13)22-17(24)10-18(25)23-21-11-12-8-14(20)19(26)16(9-12)27-2/h4-9,11,26H,3,10H2,1-2H3,(H,22,24)(H,23,25). The van der Waals surface area contributed by atoms with Crippen LogP contribution in [0.2, 0.25) is 0 Å². The van der Waals surface area contributed by atoms with Crippen LogP contribution in [0.15, 0.2) is 41.5 Å². The molecule has 0 saturated carbocycles. The quantitative estimate of drug-likeness (QED) is 0.245. The molecule has 27 heavy (non-hydrogen) atoms. The van der Waals surface area contributed by atoms with E-state index < -0.39 is 11.8 Å². The molecule has 0 aliphatic heterocycles. The monoisotopic (exact) mass is 481 g/mol. The third kappa shape index (κ3) is 5.95. The van der Waals surface area contributed by atoms with Crippen molar-refractivity contribution in [2.75, 3.05) is 12.4 Å². The molecule has 8 heteroatoms. The van der Waals surface area contributed by atoms with Crippen molar-refractivity contribution in [1.29, 1.82) is 0 Å². The fourth-order valence-corrected chi connectivity index (χ4v) is 2.96. The van der Waals surface area contributed by atoms with Gasteiger partial charge in [0.1, 0.15) is 6.42 Å². The number of aryl methyl sites for hydroxylation is 1. The lowest BCUT2D eigenvalue weighted by atomic mass is 10.1. The molecule has 0 atom stereocenters. The molecule has 0 spiro atoms. The Bertz CT molecular complexity index is 868. The van der Waals surface area contributed by atoms with Gasteiger partial charge >= 0.3 is 0 Å². The van der Waals surface area contributed by atoms with E-state index in [-0.39, 0.29) is 12.2 Å². The van der Waals surface area contributed by atoms with Crippen molar-refractivity contribution in [2.45, 2.75) is 19.8 Å². The number of hydrogen-bond acceptors (Lipinski definition) is 5. The molecule has 2 amide bonds. The van der Waals surface area contributed by atoms with Gasteiger partial charge in [-0.05, 0) is 58.3 Å². The Morgan fingerprint density at radius 3 is 2.70 bits per heavy atom. The van der Waals surface area contributed by atoms with E-state index in [9.17, 15) is 14.7 Å². The van der Waals surface area contributed by atoms with Crippen molar-refractivity contribution < 1.29 is 19.4 Å². The summed E-state index contributed by atoms with van der Waals surface area (Å²) in [5.74, 6) is -0.588. The highest BCUT2D eigenvalue weighted by Crippen LogP contribution is 2.31. The van der Waals surface area contributed by atoms with E-state index in [1.54, 1.807) is 18.2 Å². The minimum atomic E-state index is -0.529. The number of benzene rings is 2. The SMILES string of the molecule is CCc1ccccc1NC(=O)CC(=O)NN=Cc1cc(I)c(O)c(OC)c1. The molecule has 2 aromatic carbocycles. The normalized spacial score (nSPS) is 10.6. The number of aromatic hydroxyl groups is 1. The lowest BCUT2D eigenvalue weighted by molar-refractivity contribution is -0.126. The molecule has 0 bridgehead atoms. The number of rotatable bonds is 7. The number of hydrazone groups is 1. The number of para-hydroxylation sites is 1. The van der Waals surface area contributed by atoms with Gasteiger partial charge in [-0.2, -0.15) is 5.10 Å². The first-order valence-corrected chi connectivity index (χ1v) is 9.28. The van der Waals surface area contributed by atoms with E-state index in [0.717, 1.165) is 12.0 Å². The van der Waals surface area contributed by atoms with Crippen LogP contribution < -0.4 is 15.5 Å². The van der Waals surface area contributed by atoms with Gasteiger partial charge in [0.05, 0.1) is 16.9 Å². The predicted molar refractivity (Wildman–Crippen MR) is 112 cm³/mol. The van der Waals surface area contributed by atoms with Gasteiger partial charge in [-0.15, -0.1) is 0 Å². The van der Waals surface area contributed by atoms with Crippen LogP contribution in [0.3, 0.4) is 0 Å². The summed E-state index contributed by atoms with van der Waals surface area (Å²) in [5, 5.41) is 16.4. The molecule has 3 N–H and O–H groups in total. The van der Waals surface area contributed by atoms with Gasteiger partial charge in [0.2, 0.25) is 11.8 Å². The summed E-state index contributed by atoms with van der Waals surface area (Å²) in [6.45, 7) is 1.99. The van der Waals surface area contributed by atoms with E-state index >= 15 is 0 Å². The van der Waals surface area contributed by atoms with Crippen molar-refractivity contribution in [1.82, 2.24) is 5.43 Å². The molecule has 0 radical (unpaired) electrons. The van der Waals surface area contributed by atoms with Gasteiger partial charge < -0.3 is 15.2 Å². The molecule has 0 aliphatic rings. The number of carbonyl (C=O) groups is 2. The Kier molecular flexibility index (Phi) is 7.59. The van der Waals surface area contributed by atoms with Gasteiger partial charge in [-0.3, -0.25) is 9.59 Å². The van der Waals surface area contributed by atoms with E-state index in [2.05, 4.69) is 15.8 Å². The van der Waals surface area contributed by atoms with Gasteiger partial charge in [0, 0.05) is 5.69 Å². The molecular formula is C19H20IN3O4. The van der Waals surface area contributed by atoms with Gasteiger partial charge in [-0.1, -0.05) is 25.1 Å². The Balaban J connectivity index is 1.91. The summed E-state index contributed by atoms with van der Waals surface area (Å²) in [7, 11) is 1.45. The number of phenolic OH excluding ortho intramolecular Hbond substituents is 1. The molecule has 0 aliphatic carbocycles. The number of amides is 2. The summed E-state index contributed by atoms with van der Waals surface area (Å²) < 4.78 is 5.66. The molecule has 0 heterocycles. The van der Waals surface area contributed by atoms with Crippen LogP contribution >= 0.6 is 22.6 Å². The highest BCUT2D eigenvalue weighted by atomic mass is 127. The fourth-order valence-electron chi connectivity index (χ4n) is 2.33. The van der Waals surface area contributed by atoms with Gasteiger partial charge in [-0.25, -0.2) is 5.43 Å². The summed E-state index contributed by atoms with van der Waals surface area (Å²) in [5.41, 5.74) is 4.65. The number of nitrogens with one attached hydrogen (secondary N) is 2. The predicted octanol–water partition coefficient (Wildman–Crippen LogP) is 3.05. The van der Waals surface area contributed by atoms with Crippen LogP contribution in [0.5, 0.6) is 11.5 Å². The molecule has 2 aromatic rings. The maximum Gasteiger partial charge on any atom is 0.249 e. The number of halogens is 1. The topological polar surface area (TPSA) is 100 Å². The Morgan fingerprint density at radius 1 is 1.26 bits per heavy atom. The maximum absolute atomic E-state index is 12.0. The number of hydrogen-bond donors (Lipinski definition) is 3. The number of nitrogens with zero attached hydrogens (tertiary/aromatic N) is 1. The average molecular weight is 481 g/mol. The smallest absolute Gasteiger partial charge is 0.249 e. The maximum atomic E-state index is 12.0. The first-order chi connectivity index (χ1) is 12.9. The number of carbonyl (C=O) groups excluding carboxylic acids is 2. The van der Waals surface area contributed by atoms with Crippen molar-refractivity contribution in [3.63, 3.8) is 0 Å². The molecule has 2 rings (SSSR count). The van der Waals surface area contributed by atoms with Crippen LogP contribution in [0.1, 0.15) is 24.5 Å². The fraction of sp³-hybridized carbons (Fsp3) is 0.211. The van der Waals surface area contributed by atoms with Crippen LogP contribution in [-0.2, 0) is 16.0 Å². The van der Waals surface area contributed by atoms with Crippen molar-refractivity contribution >= 4 is 46.3 Å². The van der Waals surface area contributed by atoms with Crippen LogP contribution in [0.25, 0.3) is 0 Å². The Morgan fingerprint density at radius 2 is 2.00 bits per heavy atom. The van der Waals surface area contributed by atoms with Crippen LogP contribution in [-0.4, -0.2) is 30.2 Å². The van der Waals surface area contributed by atoms with Crippen molar-refractivity contribution in [3.8, 4) is 11.5 Å². The van der Waals surface area contributed by atoms with E-state index in [1.807, 2.05) is 47.7 Å². The zero-order chi connectivity index (χ0) is 19.8. The molecule has 142 valence electrons. The molecule has 0 unspecified atom stereocenters. The van der Waals surface area contributed by atoms with Gasteiger partial charge in [0.15, 0.2) is 11.5 Å². The summed E-state index contributed by atoms with van der Waals surface area (Å²) in [6, 6.07) is 10.7. The Labute approximate surface area is 171 Å². The van der Waals surface area contributed by atoms with E-state index in [0.29, 0.717) is 20.6 Å². The van der Waals surface area contributed by atoms with E-state index in [1.165, 1.54) is 13.3 Å². The second-order valence-electron chi connectivity index (χ2n) is 5.58. The third-order valence-corrected chi connectivity index (χ3v) is 4.49. The molecule has 0 fully saturated rings. The van der Waals surface area contributed by atoms with Crippen molar-refractivity contribution in [2.24, 2.45) is 5.10 Å². The number of anilines is 1. The van der Waals surface area contributed by atoms with Crippen LogP contribution in [0, 0.1) is 3.57 Å². The molecule has 0 aromatic heterocycles. The Hall–Kier alpha value is -2.62. The summed E-state index contributed by atoms with van der Waals surface area (Å²) in [4.78, 5) is 23.9. The largest absolute Gasteiger partial charge is 0.504 e. The second-order valence-corrected chi connectivity index (χ2v) is 6.74. The minimum Gasteiger partial charge on any atom is -0.504 e. The molecule has 0 saturated heterocycles. The second kappa shape index (κ2) is 9.91. The van der Waals surface area contributed by atoms with Gasteiger partial charge in [0.25, 0.3) is 0 Å². The zero-order valence-electron chi connectivity index (χ0n) is 15.0. The van der Waals surface area contributed by atoms with Crippen molar-refractivity contribution in [3.05, 3.63) is 51.1 Å². The number of phenols is 1. The third-order valence-electron chi connectivity index (χ3n) is 3.67. The molecule has 7 nitrogen and oxygen atoms in total. The molecular weight excluding hydrogens is 461 g/mol. The first kappa shape index (κ1) is 20.7. The number of methoxy groups -OCH3 is 1. The summed E-state index contributed by atoms with van der Waals surface area (Å²) >= 11 is 1.96. The lowest BCUT2D eigenvalue weighted by Gasteiger charge is -2.09. The minimum absolute atomic E-state index is 0.0447. The summed E-state index contributed by atoms with van der Waals surface area (Å²) in [6.07, 6.45) is 1.85. The van der Waals surface area contributed by atoms with Crippen LogP contribution in [0.4, 0.5) is 5.69 Å².